The molecule has 0 fully saturated rings. The van der Waals surface area contributed by atoms with E-state index in [0.29, 0.717) is 22.9 Å². The largest absolute Gasteiger partial charge is 2.00 e. The SMILES string of the molecule is Cc1nn(-c2[c-]c(Oc3[c-]c4c(cc3)c3ccccc3n4-c3cc(C(C)(C)C)ccn3)ccc2)c(C)c1C1C(F)=C(F)C[C@H](F)[C@@H]1F.[Pt+2]. The summed E-state index contributed by atoms with van der Waals surface area (Å²) in [4.78, 5) is 4.72. The van der Waals surface area contributed by atoms with Gasteiger partial charge in [0.25, 0.3) is 0 Å². The first-order chi connectivity index (χ1) is 22.4. The van der Waals surface area contributed by atoms with Gasteiger partial charge in [-0.15, -0.1) is 35.7 Å². The number of rotatable bonds is 5. The van der Waals surface area contributed by atoms with Crippen molar-refractivity contribution in [1.82, 2.24) is 19.3 Å². The third-order valence-electron chi connectivity index (χ3n) is 8.83. The second-order valence-electron chi connectivity index (χ2n) is 13.0. The van der Waals surface area contributed by atoms with Crippen molar-refractivity contribution in [3.8, 4) is 23.0 Å². The van der Waals surface area contributed by atoms with Crippen LogP contribution in [-0.2, 0) is 26.5 Å². The third-order valence-corrected chi connectivity index (χ3v) is 8.83. The maximum absolute atomic E-state index is 14.9. The molecule has 0 aliphatic heterocycles. The van der Waals surface area contributed by atoms with Gasteiger partial charge in [0.1, 0.15) is 29.8 Å². The van der Waals surface area contributed by atoms with E-state index >= 15 is 0 Å². The molecule has 48 heavy (non-hydrogen) atoms. The van der Waals surface area contributed by atoms with Gasteiger partial charge >= 0.3 is 21.1 Å². The molecule has 7 rings (SSSR count). The van der Waals surface area contributed by atoms with E-state index in [2.05, 4.69) is 60.8 Å². The Bertz CT molecular complexity index is 2200. The van der Waals surface area contributed by atoms with Crippen molar-refractivity contribution in [3.63, 3.8) is 0 Å². The van der Waals surface area contributed by atoms with E-state index in [4.69, 9.17) is 9.72 Å². The van der Waals surface area contributed by atoms with Crippen molar-refractivity contribution in [2.45, 2.75) is 64.7 Å². The molecule has 3 heterocycles. The van der Waals surface area contributed by atoms with Crippen LogP contribution in [0.15, 0.2) is 84.6 Å². The van der Waals surface area contributed by atoms with Crippen LogP contribution in [0.5, 0.6) is 11.5 Å². The molecule has 0 bridgehead atoms. The van der Waals surface area contributed by atoms with Crippen LogP contribution in [0.4, 0.5) is 17.6 Å². The third kappa shape index (κ3) is 5.76. The molecule has 5 nitrogen and oxygen atoms in total. The molecule has 0 saturated carbocycles. The van der Waals surface area contributed by atoms with Gasteiger partial charge in [-0.1, -0.05) is 44.5 Å². The summed E-state index contributed by atoms with van der Waals surface area (Å²) in [6.45, 7) is 9.66. The summed E-state index contributed by atoms with van der Waals surface area (Å²) in [6, 6.07) is 27.8. The van der Waals surface area contributed by atoms with Crippen molar-refractivity contribution < 1.29 is 43.4 Å². The zero-order chi connectivity index (χ0) is 33.2. The first kappa shape index (κ1) is 33.7. The van der Waals surface area contributed by atoms with Crippen molar-refractivity contribution >= 4 is 21.8 Å². The number of aryl methyl sites for hydroxylation is 1. The van der Waals surface area contributed by atoms with E-state index in [1.165, 1.54) is 4.68 Å². The van der Waals surface area contributed by atoms with Crippen LogP contribution < -0.4 is 4.74 Å². The maximum Gasteiger partial charge on any atom is 2.00 e. The van der Waals surface area contributed by atoms with Crippen LogP contribution in [0.2, 0.25) is 0 Å². The number of halogens is 4. The normalized spacial score (nSPS) is 18.4. The first-order valence-electron chi connectivity index (χ1n) is 15.4. The quantitative estimate of drug-likeness (QED) is 0.128. The molecule has 0 spiro atoms. The summed E-state index contributed by atoms with van der Waals surface area (Å²) in [5.74, 6) is -2.71. The van der Waals surface area contributed by atoms with Gasteiger partial charge in [0.2, 0.25) is 0 Å². The van der Waals surface area contributed by atoms with Gasteiger partial charge in [0, 0.05) is 40.9 Å². The number of nitrogens with zero attached hydrogens (tertiary/aromatic N) is 4. The Morgan fingerprint density at radius 2 is 1.65 bits per heavy atom. The minimum atomic E-state index is -2.23. The van der Waals surface area contributed by atoms with Crippen molar-refractivity contribution in [2.75, 3.05) is 0 Å². The maximum atomic E-state index is 14.9. The number of alkyl halides is 2. The predicted molar refractivity (Wildman–Crippen MR) is 174 cm³/mol. The molecule has 1 unspecified atom stereocenters. The number of benzene rings is 3. The average molecular weight is 832 g/mol. The van der Waals surface area contributed by atoms with Crippen LogP contribution in [-0.4, -0.2) is 31.7 Å². The van der Waals surface area contributed by atoms with Gasteiger partial charge in [-0.3, -0.25) is 4.68 Å². The number of para-hydroxylation sites is 1. The van der Waals surface area contributed by atoms with Crippen molar-refractivity contribution in [2.24, 2.45) is 0 Å². The zero-order valence-electron chi connectivity index (χ0n) is 26.9. The molecule has 0 amide bonds. The van der Waals surface area contributed by atoms with E-state index in [1.807, 2.05) is 36.5 Å². The van der Waals surface area contributed by atoms with Gasteiger partial charge in [-0.05, 0) is 54.1 Å². The summed E-state index contributed by atoms with van der Waals surface area (Å²) < 4.78 is 68.0. The zero-order valence-corrected chi connectivity index (χ0v) is 29.2. The molecule has 3 atom stereocenters. The molecule has 3 aromatic carbocycles. The Morgan fingerprint density at radius 1 is 0.896 bits per heavy atom. The van der Waals surface area contributed by atoms with Crippen LogP contribution in [0, 0.1) is 26.0 Å². The Labute approximate surface area is 290 Å². The summed E-state index contributed by atoms with van der Waals surface area (Å²) in [5, 5.41) is 6.52. The number of pyridine rings is 1. The second-order valence-corrected chi connectivity index (χ2v) is 13.0. The minimum absolute atomic E-state index is 0. The number of aromatic nitrogens is 4. The van der Waals surface area contributed by atoms with Crippen molar-refractivity contribution in [1.29, 1.82) is 0 Å². The van der Waals surface area contributed by atoms with Gasteiger partial charge in [0.05, 0.1) is 11.6 Å². The number of hydrogen-bond acceptors (Lipinski definition) is 3. The van der Waals surface area contributed by atoms with E-state index in [1.54, 1.807) is 32.0 Å². The van der Waals surface area contributed by atoms with Crippen LogP contribution in [0.3, 0.4) is 0 Å². The molecule has 0 saturated heterocycles. The Morgan fingerprint density at radius 3 is 2.42 bits per heavy atom. The summed E-state index contributed by atoms with van der Waals surface area (Å²) in [5.41, 5.74) is 4.03. The van der Waals surface area contributed by atoms with E-state index in [0.717, 1.165) is 33.2 Å². The molecule has 1 aliphatic carbocycles. The average Bonchev–Trinajstić information content (AvgIpc) is 3.53. The van der Waals surface area contributed by atoms with E-state index in [-0.39, 0.29) is 37.7 Å². The van der Waals surface area contributed by atoms with Crippen LogP contribution in [0.25, 0.3) is 33.3 Å². The van der Waals surface area contributed by atoms with Gasteiger partial charge in [-0.25, -0.2) is 22.5 Å². The van der Waals surface area contributed by atoms with E-state index < -0.39 is 36.3 Å². The topological polar surface area (TPSA) is 44.9 Å². The molecule has 10 heteroatoms. The Kier molecular flexibility index (Phi) is 8.88. The smallest absolute Gasteiger partial charge is 0.509 e. The number of ether oxygens (including phenoxy) is 1. The molecule has 3 aromatic heterocycles. The van der Waals surface area contributed by atoms with Gasteiger partial charge in [0.15, 0.2) is 0 Å². The van der Waals surface area contributed by atoms with Crippen molar-refractivity contribution in [3.05, 3.63) is 119 Å². The fourth-order valence-corrected chi connectivity index (χ4v) is 6.44. The number of fused-ring (bicyclic) bond motifs is 3. The fraction of sp³-hybridized carbons (Fsp3) is 0.263. The number of allylic oxidation sites excluding steroid dienone is 2. The molecule has 248 valence electrons. The Hall–Kier alpha value is -4.23. The van der Waals surface area contributed by atoms with Gasteiger partial charge in [-0.2, -0.15) is 17.2 Å². The standard InChI is InChI=1S/C38H32F4N4O.Pt/c1-21-34(35-36(41)29(39)20-30(40)37(35)42)22(2)46(44-21)24-9-8-10-25(18-24)47-26-13-14-28-27-11-6-7-12-31(27)45(32(28)19-26)33-17-23(15-16-43-33)38(3,4)5;/h6-17,29,35-36H,20H2,1-5H3;/q-2;+2/t29-,35?,36-;/m0./s1. The summed E-state index contributed by atoms with van der Waals surface area (Å²) in [7, 11) is 0. The van der Waals surface area contributed by atoms with Crippen LogP contribution >= 0.6 is 0 Å². The Balaban J connectivity index is 0.00000401. The minimum Gasteiger partial charge on any atom is -0.509 e. The molecular weight excluding hydrogens is 800 g/mol. The summed E-state index contributed by atoms with van der Waals surface area (Å²) in [6.07, 6.45) is -3.46. The van der Waals surface area contributed by atoms with E-state index in [9.17, 15) is 17.6 Å². The molecule has 0 N–H and O–H groups in total. The molecule has 0 radical (unpaired) electrons. The molecule has 1 aliphatic rings. The van der Waals surface area contributed by atoms with Gasteiger partial charge < -0.3 is 9.30 Å². The molecular formula is C38H32F4N4OPt. The molecule has 6 aromatic rings. The first-order valence-corrected chi connectivity index (χ1v) is 15.4. The number of hydrogen-bond donors (Lipinski definition) is 0. The predicted octanol–water partition coefficient (Wildman–Crippen LogP) is 9.98. The van der Waals surface area contributed by atoms with Crippen LogP contribution in [0.1, 0.15) is 55.6 Å². The fourth-order valence-electron chi connectivity index (χ4n) is 6.44. The monoisotopic (exact) mass is 831 g/mol. The second kappa shape index (κ2) is 12.7. The summed E-state index contributed by atoms with van der Waals surface area (Å²) >= 11 is 0.